The molecule has 4 N–H and O–H groups in total. The molecule has 0 saturated heterocycles. The number of nitrogens with zero attached hydrogens (tertiary/aromatic N) is 2. The monoisotopic (exact) mass is 447 g/mol. The molecular weight excluding hydrogens is 418 g/mol. The Hall–Kier alpha value is -3.81. The molecule has 2 amide bonds. The van der Waals surface area contributed by atoms with Gasteiger partial charge in [-0.3, -0.25) is 9.59 Å². The quantitative estimate of drug-likeness (QED) is 0.487. The lowest BCUT2D eigenvalue weighted by Gasteiger charge is -2.13. The first-order valence-electron chi connectivity index (χ1n) is 11.1. The van der Waals surface area contributed by atoms with Gasteiger partial charge in [-0.05, 0) is 30.5 Å². The molecule has 0 bridgehead atoms. The van der Waals surface area contributed by atoms with Crippen LogP contribution in [0.25, 0.3) is 11.3 Å². The van der Waals surface area contributed by atoms with Gasteiger partial charge in [-0.25, -0.2) is 4.68 Å². The van der Waals surface area contributed by atoms with E-state index in [4.69, 9.17) is 15.6 Å². The van der Waals surface area contributed by atoms with Crippen molar-refractivity contribution in [1.82, 2.24) is 15.1 Å². The second kappa shape index (κ2) is 9.77. The van der Waals surface area contributed by atoms with Gasteiger partial charge in [0.2, 0.25) is 0 Å². The Balaban J connectivity index is 1.54. The van der Waals surface area contributed by atoms with Crippen LogP contribution >= 0.6 is 0 Å². The van der Waals surface area contributed by atoms with Crippen molar-refractivity contribution in [3.8, 4) is 17.0 Å². The summed E-state index contributed by atoms with van der Waals surface area (Å²) in [6.45, 7) is 0.359. The predicted octanol–water partition coefficient (Wildman–Crippen LogP) is 3.74. The predicted molar refractivity (Wildman–Crippen MR) is 127 cm³/mol. The SMILES string of the molecule is CNc1c(C(N)=O)c(-c2ccc(CNC(=O)c3ccccc3OC)cc2)nn1C1CCCC1. The lowest BCUT2D eigenvalue weighted by molar-refractivity contribution is 0.0946. The number of rotatable bonds is 8. The number of aromatic nitrogens is 2. The van der Waals surface area contributed by atoms with Crippen molar-refractivity contribution in [3.63, 3.8) is 0 Å². The molecule has 1 aliphatic carbocycles. The molecule has 0 radical (unpaired) electrons. The molecule has 1 saturated carbocycles. The van der Waals surface area contributed by atoms with Gasteiger partial charge in [-0.2, -0.15) is 5.10 Å². The van der Waals surface area contributed by atoms with Gasteiger partial charge in [0.1, 0.15) is 22.8 Å². The average Bonchev–Trinajstić information content (AvgIpc) is 3.50. The van der Waals surface area contributed by atoms with Gasteiger partial charge in [0.05, 0.1) is 18.7 Å². The number of para-hydroxylation sites is 1. The van der Waals surface area contributed by atoms with Crippen molar-refractivity contribution in [2.24, 2.45) is 5.73 Å². The summed E-state index contributed by atoms with van der Waals surface area (Å²) in [5.74, 6) is 0.480. The van der Waals surface area contributed by atoms with Crippen molar-refractivity contribution in [1.29, 1.82) is 0 Å². The summed E-state index contributed by atoms with van der Waals surface area (Å²) in [4.78, 5) is 24.8. The summed E-state index contributed by atoms with van der Waals surface area (Å²) < 4.78 is 7.18. The second-order valence-corrected chi connectivity index (χ2v) is 8.15. The van der Waals surface area contributed by atoms with Crippen LogP contribution < -0.4 is 21.1 Å². The van der Waals surface area contributed by atoms with Crippen LogP contribution in [0.1, 0.15) is 58.0 Å². The summed E-state index contributed by atoms with van der Waals surface area (Å²) in [5.41, 5.74) is 8.93. The first-order chi connectivity index (χ1) is 16.0. The number of carbonyl (C=O) groups is 2. The van der Waals surface area contributed by atoms with Gasteiger partial charge in [-0.15, -0.1) is 0 Å². The minimum Gasteiger partial charge on any atom is -0.496 e. The molecule has 2 aromatic carbocycles. The Labute approximate surface area is 193 Å². The van der Waals surface area contributed by atoms with E-state index in [-0.39, 0.29) is 11.9 Å². The van der Waals surface area contributed by atoms with Crippen molar-refractivity contribution >= 4 is 17.6 Å². The number of hydrogen-bond donors (Lipinski definition) is 3. The van der Waals surface area contributed by atoms with Crippen LogP contribution in [-0.4, -0.2) is 35.8 Å². The highest BCUT2D eigenvalue weighted by Crippen LogP contribution is 2.36. The first-order valence-corrected chi connectivity index (χ1v) is 11.1. The fourth-order valence-electron chi connectivity index (χ4n) is 4.41. The minimum absolute atomic E-state index is 0.207. The second-order valence-electron chi connectivity index (χ2n) is 8.15. The highest BCUT2D eigenvalue weighted by molar-refractivity contribution is 6.03. The smallest absolute Gasteiger partial charge is 0.255 e. The Kier molecular flexibility index (Phi) is 6.63. The maximum Gasteiger partial charge on any atom is 0.255 e. The third-order valence-corrected chi connectivity index (χ3v) is 6.10. The Morgan fingerprint density at radius 3 is 2.45 bits per heavy atom. The van der Waals surface area contributed by atoms with E-state index in [1.165, 1.54) is 0 Å². The third kappa shape index (κ3) is 4.55. The molecule has 0 unspecified atom stereocenters. The number of methoxy groups -OCH3 is 1. The molecule has 8 nitrogen and oxygen atoms in total. The Morgan fingerprint density at radius 2 is 1.82 bits per heavy atom. The molecule has 172 valence electrons. The number of amides is 2. The van der Waals surface area contributed by atoms with Crippen LogP contribution in [-0.2, 0) is 6.54 Å². The number of ether oxygens (including phenoxy) is 1. The summed E-state index contributed by atoms with van der Waals surface area (Å²) in [6.07, 6.45) is 4.39. The van der Waals surface area contributed by atoms with E-state index in [0.29, 0.717) is 34.9 Å². The molecular formula is C25H29N5O3. The van der Waals surface area contributed by atoms with Crippen LogP contribution in [0.2, 0.25) is 0 Å². The number of nitrogens with one attached hydrogen (secondary N) is 2. The van der Waals surface area contributed by atoms with E-state index in [1.807, 2.05) is 35.0 Å². The van der Waals surface area contributed by atoms with Crippen LogP contribution in [0.4, 0.5) is 5.82 Å². The Bertz CT molecular complexity index is 1150. The van der Waals surface area contributed by atoms with Gasteiger partial charge < -0.3 is 21.1 Å². The van der Waals surface area contributed by atoms with Crippen LogP contribution in [0.15, 0.2) is 48.5 Å². The van der Waals surface area contributed by atoms with Crippen molar-refractivity contribution in [3.05, 3.63) is 65.2 Å². The molecule has 4 rings (SSSR count). The maximum atomic E-state index is 12.5. The van der Waals surface area contributed by atoms with Gasteiger partial charge in [0.25, 0.3) is 11.8 Å². The molecule has 1 heterocycles. The fourth-order valence-corrected chi connectivity index (χ4v) is 4.41. The average molecular weight is 448 g/mol. The van der Waals surface area contributed by atoms with Gasteiger partial charge in [0, 0.05) is 19.2 Å². The molecule has 1 fully saturated rings. The van der Waals surface area contributed by atoms with E-state index < -0.39 is 5.91 Å². The van der Waals surface area contributed by atoms with E-state index in [1.54, 1.807) is 32.4 Å². The van der Waals surface area contributed by atoms with Crippen molar-refractivity contribution in [2.45, 2.75) is 38.3 Å². The molecule has 33 heavy (non-hydrogen) atoms. The number of primary amides is 1. The zero-order chi connectivity index (χ0) is 23.4. The number of nitrogens with two attached hydrogens (primary N) is 1. The normalized spacial score (nSPS) is 13.6. The minimum atomic E-state index is -0.508. The molecule has 1 aromatic heterocycles. The zero-order valence-corrected chi connectivity index (χ0v) is 18.9. The fraction of sp³-hybridized carbons (Fsp3) is 0.320. The topological polar surface area (TPSA) is 111 Å². The molecule has 8 heteroatoms. The molecule has 0 spiro atoms. The lowest BCUT2D eigenvalue weighted by atomic mass is 10.0. The highest BCUT2D eigenvalue weighted by Gasteiger charge is 2.28. The molecule has 3 aromatic rings. The molecule has 1 aliphatic rings. The maximum absolute atomic E-state index is 12.5. The molecule has 0 aliphatic heterocycles. The standard InChI is InChI=1S/C25H29N5O3/c1-27-24-21(23(26)31)22(29-30(24)18-7-3-4-8-18)17-13-11-16(12-14-17)15-28-25(32)19-9-5-6-10-20(19)33-2/h5-6,9-14,18,27H,3-4,7-8,15H2,1-2H3,(H2,26,31)(H,28,32). The largest absolute Gasteiger partial charge is 0.496 e. The summed E-state index contributed by atoms with van der Waals surface area (Å²) >= 11 is 0. The summed E-state index contributed by atoms with van der Waals surface area (Å²) in [5, 5.41) is 10.8. The number of hydrogen-bond acceptors (Lipinski definition) is 5. The number of anilines is 1. The zero-order valence-electron chi connectivity index (χ0n) is 18.9. The van der Waals surface area contributed by atoms with Crippen molar-refractivity contribution in [2.75, 3.05) is 19.5 Å². The van der Waals surface area contributed by atoms with Crippen LogP contribution in [0, 0.1) is 0 Å². The van der Waals surface area contributed by atoms with Crippen LogP contribution in [0.5, 0.6) is 5.75 Å². The summed E-state index contributed by atoms with van der Waals surface area (Å²) in [7, 11) is 3.32. The van der Waals surface area contributed by atoms with E-state index in [9.17, 15) is 9.59 Å². The third-order valence-electron chi connectivity index (χ3n) is 6.10. The van der Waals surface area contributed by atoms with Gasteiger partial charge >= 0.3 is 0 Å². The number of carbonyl (C=O) groups excluding carboxylic acids is 2. The Morgan fingerprint density at radius 1 is 1.12 bits per heavy atom. The van der Waals surface area contributed by atoms with E-state index in [0.717, 1.165) is 36.8 Å². The van der Waals surface area contributed by atoms with Gasteiger partial charge in [-0.1, -0.05) is 49.2 Å². The molecule has 0 atom stereocenters. The van der Waals surface area contributed by atoms with E-state index >= 15 is 0 Å². The van der Waals surface area contributed by atoms with Crippen LogP contribution in [0.3, 0.4) is 0 Å². The first kappa shape index (κ1) is 22.4. The van der Waals surface area contributed by atoms with Crippen molar-refractivity contribution < 1.29 is 14.3 Å². The van der Waals surface area contributed by atoms with E-state index in [2.05, 4.69) is 10.6 Å². The number of benzene rings is 2. The highest BCUT2D eigenvalue weighted by atomic mass is 16.5. The lowest BCUT2D eigenvalue weighted by Crippen LogP contribution is -2.23. The van der Waals surface area contributed by atoms with Gasteiger partial charge in [0.15, 0.2) is 0 Å². The summed E-state index contributed by atoms with van der Waals surface area (Å²) in [6, 6.07) is 15.0.